The van der Waals surface area contributed by atoms with E-state index >= 15 is 0 Å². The average Bonchev–Trinajstić information content (AvgIpc) is 2.86. The molecule has 2 heterocycles. The van der Waals surface area contributed by atoms with E-state index in [1.54, 1.807) is 11.3 Å². The SMILES string of the molecule is Cc1ccc2nc(NC3CCNC3)sc2c1. The molecule has 2 N–H and O–H groups in total. The molecule has 0 spiro atoms. The van der Waals surface area contributed by atoms with Gasteiger partial charge in [0.1, 0.15) is 0 Å². The number of hydrogen-bond acceptors (Lipinski definition) is 4. The van der Waals surface area contributed by atoms with Gasteiger partial charge in [-0.2, -0.15) is 0 Å². The first-order valence-electron chi connectivity index (χ1n) is 5.66. The fraction of sp³-hybridized carbons (Fsp3) is 0.417. The van der Waals surface area contributed by atoms with Crippen LogP contribution in [0.25, 0.3) is 10.2 Å². The number of thiazole rings is 1. The Balaban J connectivity index is 1.86. The van der Waals surface area contributed by atoms with E-state index in [-0.39, 0.29) is 0 Å². The van der Waals surface area contributed by atoms with Gasteiger partial charge in [-0.3, -0.25) is 0 Å². The van der Waals surface area contributed by atoms with E-state index in [1.165, 1.54) is 16.7 Å². The van der Waals surface area contributed by atoms with Gasteiger partial charge in [0, 0.05) is 12.6 Å². The molecule has 4 heteroatoms. The van der Waals surface area contributed by atoms with Gasteiger partial charge in [0.05, 0.1) is 10.2 Å². The molecule has 3 rings (SSSR count). The number of hydrogen-bond donors (Lipinski definition) is 2. The highest BCUT2D eigenvalue weighted by Gasteiger charge is 2.15. The van der Waals surface area contributed by atoms with Crippen LogP contribution < -0.4 is 10.6 Å². The molecule has 1 aliphatic heterocycles. The number of nitrogens with zero attached hydrogens (tertiary/aromatic N) is 1. The molecule has 1 unspecified atom stereocenters. The van der Waals surface area contributed by atoms with E-state index in [1.807, 2.05) is 0 Å². The molecule has 0 radical (unpaired) electrons. The highest BCUT2D eigenvalue weighted by atomic mass is 32.1. The van der Waals surface area contributed by atoms with Crippen molar-refractivity contribution in [2.45, 2.75) is 19.4 Å². The normalized spacial score (nSPS) is 20.4. The van der Waals surface area contributed by atoms with Crippen LogP contribution in [0.4, 0.5) is 5.13 Å². The molecule has 1 atom stereocenters. The maximum atomic E-state index is 4.60. The standard InChI is InChI=1S/C12H15N3S/c1-8-2-3-10-11(6-8)16-12(15-10)14-9-4-5-13-7-9/h2-3,6,9,13H,4-5,7H2,1H3,(H,14,15). The minimum absolute atomic E-state index is 0.543. The minimum atomic E-state index is 0.543. The lowest BCUT2D eigenvalue weighted by molar-refractivity contribution is 0.792. The number of fused-ring (bicyclic) bond motifs is 1. The van der Waals surface area contributed by atoms with Crippen molar-refractivity contribution in [3.8, 4) is 0 Å². The van der Waals surface area contributed by atoms with Gasteiger partial charge in [0.25, 0.3) is 0 Å². The lowest BCUT2D eigenvalue weighted by Crippen LogP contribution is -2.21. The van der Waals surface area contributed by atoms with Crippen LogP contribution in [-0.4, -0.2) is 24.1 Å². The van der Waals surface area contributed by atoms with Crippen LogP contribution in [0.15, 0.2) is 18.2 Å². The Morgan fingerprint density at radius 1 is 1.50 bits per heavy atom. The lowest BCUT2D eigenvalue weighted by atomic mass is 10.2. The van der Waals surface area contributed by atoms with E-state index in [4.69, 9.17) is 0 Å². The van der Waals surface area contributed by atoms with Crippen molar-refractivity contribution in [1.82, 2.24) is 10.3 Å². The average molecular weight is 233 g/mol. The van der Waals surface area contributed by atoms with Crippen LogP contribution in [-0.2, 0) is 0 Å². The Morgan fingerprint density at radius 3 is 3.25 bits per heavy atom. The number of aromatic nitrogens is 1. The zero-order chi connectivity index (χ0) is 11.0. The highest BCUT2D eigenvalue weighted by Crippen LogP contribution is 2.27. The Bertz CT molecular complexity index is 500. The first-order valence-corrected chi connectivity index (χ1v) is 6.47. The zero-order valence-electron chi connectivity index (χ0n) is 9.29. The number of anilines is 1. The van der Waals surface area contributed by atoms with E-state index < -0.39 is 0 Å². The summed E-state index contributed by atoms with van der Waals surface area (Å²) >= 11 is 1.75. The Morgan fingerprint density at radius 2 is 2.44 bits per heavy atom. The molecule has 1 aliphatic rings. The number of rotatable bonds is 2. The quantitative estimate of drug-likeness (QED) is 0.836. The van der Waals surface area contributed by atoms with Crippen LogP contribution in [0.2, 0.25) is 0 Å². The summed E-state index contributed by atoms with van der Waals surface area (Å²) in [7, 11) is 0. The summed E-state index contributed by atoms with van der Waals surface area (Å²) in [4.78, 5) is 4.60. The van der Waals surface area contributed by atoms with E-state index in [2.05, 4.69) is 40.7 Å². The molecule has 1 saturated heterocycles. The van der Waals surface area contributed by atoms with Crippen molar-refractivity contribution in [1.29, 1.82) is 0 Å². The van der Waals surface area contributed by atoms with Crippen LogP contribution in [0.3, 0.4) is 0 Å². The summed E-state index contributed by atoms with van der Waals surface area (Å²) in [5.41, 5.74) is 2.40. The molecule has 0 aliphatic carbocycles. The van der Waals surface area contributed by atoms with Crippen LogP contribution in [0, 0.1) is 6.92 Å². The monoisotopic (exact) mass is 233 g/mol. The molecular weight excluding hydrogens is 218 g/mol. The van der Waals surface area contributed by atoms with Crippen molar-refractivity contribution in [3.63, 3.8) is 0 Å². The maximum Gasteiger partial charge on any atom is 0.184 e. The van der Waals surface area contributed by atoms with Crippen molar-refractivity contribution in [2.24, 2.45) is 0 Å². The van der Waals surface area contributed by atoms with Gasteiger partial charge in [0.2, 0.25) is 0 Å². The first kappa shape index (κ1) is 10.1. The highest BCUT2D eigenvalue weighted by molar-refractivity contribution is 7.22. The Labute approximate surface area is 98.9 Å². The third kappa shape index (κ3) is 1.90. The summed E-state index contributed by atoms with van der Waals surface area (Å²) in [5, 5.41) is 7.89. The molecule has 0 amide bonds. The Kier molecular flexibility index (Phi) is 2.53. The van der Waals surface area contributed by atoms with E-state index in [9.17, 15) is 0 Å². The second kappa shape index (κ2) is 4.03. The lowest BCUT2D eigenvalue weighted by Gasteiger charge is -2.08. The van der Waals surface area contributed by atoms with Crippen LogP contribution >= 0.6 is 11.3 Å². The predicted octanol–water partition coefficient (Wildman–Crippen LogP) is 2.38. The predicted molar refractivity (Wildman–Crippen MR) is 69.3 cm³/mol. The number of aryl methyl sites for hydroxylation is 1. The molecule has 84 valence electrons. The third-order valence-corrected chi connectivity index (χ3v) is 3.88. The molecule has 16 heavy (non-hydrogen) atoms. The van der Waals surface area contributed by atoms with E-state index in [0.717, 1.165) is 23.7 Å². The molecule has 1 fully saturated rings. The number of nitrogens with one attached hydrogen (secondary N) is 2. The fourth-order valence-electron chi connectivity index (χ4n) is 2.05. The molecule has 1 aromatic heterocycles. The maximum absolute atomic E-state index is 4.60. The van der Waals surface area contributed by atoms with Gasteiger partial charge in [-0.15, -0.1) is 0 Å². The topological polar surface area (TPSA) is 37.0 Å². The van der Waals surface area contributed by atoms with E-state index in [0.29, 0.717) is 6.04 Å². The molecule has 2 aromatic rings. The smallest absolute Gasteiger partial charge is 0.184 e. The number of benzene rings is 1. The summed E-state index contributed by atoms with van der Waals surface area (Å²) in [5.74, 6) is 0. The molecule has 0 saturated carbocycles. The van der Waals surface area contributed by atoms with Crippen molar-refractivity contribution in [2.75, 3.05) is 18.4 Å². The molecule has 3 nitrogen and oxygen atoms in total. The van der Waals surface area contributed by atoms with Gasteiger partial charge in [-0.05, 0) is 37.6 Å². The van der Waals surface area contributed by atoms with Gasteiger partial charge >= 0.3 is 0 Å². The van der Waals surface area contributed by atoms with Crippen molar-refractivity contribution in [3.05, 3.63) is 23.8 Å². The first-order chi connectivity index (χ1) is 7.81. The van der Waals surface area contributed by atoms with Gasteiger partial charge in [-0.1, -0.05) is 17.4 Å². The zero-order valence-corrected chi connectivity index (χ0v) is 10.1. The van der Waals surface area contributed by atoms with Gasteiger partial charge < -0.3 is 10.6 Å². The Hall–Kier alpha value is -1.13. The molecule has 0 bridgehead atoms. The minimum Gasteiger partial charge on any atom is -0.357 e. The van der Waals surface area contributed by atoms with Crippen LogP contribution in [0.5, 0.6) is 0 Å². The summed E-state index contributed by atoms with van der Waals surface area (Å²) < 4.78 is 1.27. The summed E-state index contributed by atoms with van der Waals surface area (Å²) in [6, 6.07) is 6.95. The van der Waals surface area contributed by atoms with Crippen molar-refractivity contribution < 1.29 is 0 Å². The second-order valence-electron chi connectivity index (χ2n) is 4.32. The summed E-state index contributed by atoms with van der Waals surface area (Å²) in [6.45, 7) is 4.28. The van der Waals surface area contributed by atoms with Gasteiger partial charge in [-0.25, -0.2) is 4.98 Å². The van der Waals surface area contributed by atoms with Gasteiger partial charge in [0.15, 0.2) is 5.13 Å². The second-order valence-corrected chi connectivity index (χ2v) is 5.35. The van der Waals surface area contributed by atoms with Crippen molar-refractivity contribution >= 4 is 26.7 Å². The third-order valence-electron chi connectivity index (χ3n) is 2.93. The largest absolute Gasteiger partial charge is 0.357 e. The molecule has 1 aromatic carbocycles. The summed E-state index contributed by atoms with van der Waals surface area (Å²) in [6.07, 6.45) is 1.19. The fourth-order valence-corrected chi connectivity index (χ4v) is 3.09. The van der Waals surface area contributed by atoms with Crippen LogP contribution in [0.1, 0.15) is 12.0 Å². The molecular formula is C12H15N3S.